The van der Waals surface area contributed by atoms with E-state index in [9.17, 15) is 4.79 Å². The Bertz CT molecular complexity index is 1350. The van der Waals surface area contributed by atoms with Gasteiger partial charge >= 0.3 is 6.01 Å². The molecule has 3 aromatic rings. The number of amides is 1. The summed E-state index contributed by atoms with van der Waals surface area (Å²) in [5.74, 6) is 1.51. The minimum atomic E-state index is -0.139. The normalized spacial score (nSPS) is 25.2. The SMILES string of the molecule is CN1CCC[C@H]1COc1nc(N2CC3CCC(C2)N3)c2ccc(-c3ccc4c(c3)NC(=O)CO4)cc2n1. The fraction of sp³-hybridized carbons (Fsp3) is 0.464. The lowest BCUT2D eigenvalue weighted by atomic mass is 10.0. The second-order valence-electron chi connectivity index (χ2n) is 10.7. The first kappa shape index (κ1) is 22.7. The summed E-state index contributed by atoms with van der Waals surface area (Å²) >= 11 is 0. The third-order valence-electron chi connectivity index (χ3n) is 8.19. The summed E-state index contributed by atoms with van der Waals surface area (Å²) in [6.07, 6.45) is 4.77. The molecule has 2 N–H and O–H groups in total. The van der Waals surface area contributed by atoms with Crippen molar-refractivity contribution in [2.75, 3.05) is 50.1 Å². The van der Waals surface area contributed by atoms with Crippen LogP contribution in [0.5, 0.6) is 11.8 Å². The molecular weight excluding hydrogens is 468 g/mol. The van der Waals surface area contributed by atoms with E-state index in [-0.39, 0.29) is 12.5 Å². The summed E-state index contributed by atoms with van der Waals surface area (Å²) < 4.78 is 11.8. The average Bonchev–Trinajstić information content (AvgIpc) is 3.49. The topological polar surface area (TPSA) is 91.9 Å². The molecule has 5 heterocycles. The molecule has 3 fully saturated rings. The number of anilines is 2. The molecule has 0 saturated carbocycles. The number of likely N-dealkylation sites (tertiary alicyclic amines) is 1. The average molecular weight is 501 g/mol. The van der Waals surface area contributed by atoms with Gasteiger partial charge < -0.3 is 29.9 Å². The van der Waals surface area contributed by atoms with E-state index >= 15 is 0 Å². The first-order valence-corrected chi connectivity index (χ1v) is 13.3. The Hall–Kier alpha value is -3.43. The number of ether oxygens (including phenoxy) is 2. The van der Waals surface area contributed by atoms with Gasteiger partial charge in [0, 0.05) is 36.6 Å². The van der Waals surface area contributed by atoms with Crippen LogP contribution in [0, 0.1) is 0 Å². The third-order valence-corrected chi connectivity index (χ3v) is 8.19. The van der Waals surface area contributed by atoms with Crippen LogP contribution in [0.25, 0.3) is 22.0 Å². The van der Waals surface area contributed by atoms with Crippen LogP contribution in [0.1, 0.15) is 25.7 Å². The second-order valence-corrected chi connectivity index (χ2v) is 10.7. The molecule has 37 heavy (non-hydrogen) atoms. The smallest absolute Gasteiger partial charge is 0.319 e. The second kappa shape index (κ2) is 9.15. The number of fused-ring (bicyclic) bond motifs is 4. The zero-order valence-electron chi connectivity index (χ0n) is 21.1. The lowest BCUT2D eigenvalue weighted by Crippen LogP contribution is -2.51. The highest BCUT2D eigenvalue weighted by Gasteiger charge is 2.34. The van der Waals surface area contributed by atoms with Gasteiger partial charge in [-0.25, -0.2) is 0 Å². The largest absolute Gasteiger partial charge is 0.482 e. The van der Waals surface area contributed by atoms with E-state index in [1.165, 1.54) is 19.3 Å². The molecule has 2 aromatic carbocycles. The maximum Gasteiger partial charge on any atom is 0.319 e. The summed E-state index contributed by atoms with van der Waals surface area (Å²) in [6.45, 7) is 3.64. The fourth-order valence-electron chi connectivity index (χ4n) is 6.17. The highest BCUT2D eigenvalue weighted by Crippen LogP contribution is 2.36. The summed E-state index contributed by atoms with van der Waals surface area (Å²) in [4.78, 5) is 26.4. The van der Waals surface area contributed by atoms with Crippen molar-refractivity contribution in [2.24, 2.45) is 0 Å². The molecule has 4 aliphatic rings. The van der Waals surface area contributed by atoms with Crippen molar-refractivity contribution in [3.05, 3.63) is 36.4 Å². The molecule has 1 amide bonds. The van der Waals surface area contributed by atoms with Gasteiger partial charge in [-0.3, -0.25) is 4.79 Å². The Morgan fingerprint density at radius 1 is 1.05 bits per heavy atom. The molecule has 0 aliphatic carbocycles. The monoisotopic (exact) mass is 500 g/mol. The van der Waals surface area contributed by atoms with E-state index in [4.69, 9.17) is 19.4 Å². The van der Waals surface area contributed by atoms with Crippen LogP contribution in [0.4, 0.5) is 11.5 Å². The minimum Gasteiger partial charge on any atom is -0.482 e. The number of aromatic nitrogens is 2. The lowest BCUT2D eigenvalue weighted by Gasteiger charge is -2.34. The maximum absolute atomic E-state index is 11.8. The molecule has 3 saturated heterocycles. The highest BCUT2D eigenvalue weighted by atomic mass is 16.5. The van der Waals surface area contributed by atoms with Gasteiger partial charge in [-0.15, -0.1) is 0 Å². The van der Waals surface area contributed by atoms with Crippen LogP contribution < -0.4 is 25.0 Å². The van der Waals surface area contributed by atoms with Crippen molar-refractivity contribution in [1.82, 2.24) is 20.2 Å². The number of carbonyl (C=O) groups is 1. The minimum absolute atomic E-state index is 0.0508. The van der Waals surface area contributed by atoms with Crippen molar-refractivity contribution in [3.63, 3.8) is 0 Å². The molecule has 2 bridgehead atoms. The summed E-state index contributed by atoms with van der Waals surface area (Å²) in [5, 5.41) is 7.65. The number of nitrogens with one attached hydrogen (secondary N) is 2. The predicted molar refractivity (Wildman–Crippen MR) is 142 cm³/mol. The first-order valence-electron chi connectivity index (χ1n) is 13.3. The molecule has 9 heteroatoms. The number of hydrogen-bond acceptors (Lipinski definition) is 8. The van der Waals surface area contributed by atoms with Gasteiger partial charge in [-0.1, -0.05) is 12.1 Å². The number of piperazine rings is 1. The number of likely N-dealkylation sites (N-methyl/N-ethyl adjacent to an activating group) is 1. The van der Waals surface area contributed by atoms with Gasteiger partial charge in [0.25, 0.3) is 5.91 Å². The third kappa shape index (κ3) is 4.36. The van der Waals surface area contributed by atoms with E-state index in [1.54, 1.807) is 0 Å². The van der Waals surface area contributed by atoms with E-state index in [0.717, 1.165) is 53.9 Å². The van der Waals surface area contributed by atoms with Gasteiger partial charge in [-0.2, -0.15) is 9.97 Å². The number of carbonyl (C=O) groups excluding carboxylic acids is 1. The summed E-state index contributed by atoms with van der Waals surface area (Å²) in [5.41, 5.74) is 3.56. The van der Waals surface area contributed by atoms with Crippen molar-refractivity contribution < 1.29 is 14.3 Å². The van der Waals surface area contributed by atoms with Crippen molar-refractivity contribution in [1.29, 1.82) is 0 Å². The predicted octanol–water partition coefficient (Wildman–Crippen LogP) is 3.04. The zero-order valence-corrected chi connectivity index (χ0v) is 21.1. The molecule has 4 aliphatic heterocycles. The van der Waals surface area contributed by atoms with Crippen LogP contribution >= 0.6 is 0 Å². The van der Waals surface area contributed by atoms with Gasteiger partial charge in [0.2, 0.25) is 0 Å². The highest BCUT2D eigenvalue weighted by molar-refractivity contribution is 5.97. The van der Waals surface area contributed by atoms with Crippen molar-refractivity contribution in [2.45, 2.75) is 43.8 Å². The number of rotatable bonds is 5. The maximum atomic E-state index is 11.8. The van der Waals surface area contributed by atoms with Crippen molar-refractivity contribution >= 4 is 28.3 Å². The fourth-order valence-corrected chi connectivity index (χ4v) is 6.17. The van der Waals surface area contributed by atoms with Gasteiger partial charge in [0.15, 0.2) is 6.61 Å². The van der Waals surface area contributed by atoms with Crippen LogP contribution in [0.15, 0.2) is 36.4 Å². The van der Waals surface area contributed by atoms with E-state index in [1.807, 2.05) is 18.2 Å². The Morgan fingerprint density at radius 3 is 2.68 bits per heavy atom. The number of nitrogens with zero attached hydrogens (tertiary/aromatic N) is 4. The first-order chi connectivity index (χ1) is 18.1. The molecule has 2 unspecified atom stereocenters. The van der Waals surface area contributed by atoms with Gasteiger partial charge in [-0.05, 0) is 74.7 Å². The molecule has 3 atom stereocenters. The van der Waals surface area contributed by atoms with Crippen LogP contribution in [0.2, 0.25) is 0 Å². The Kier molecular flexibility index (Phi) is 5.62. The zero-order chi connectivity index (χ0) is 24.9. The molecule has 1 aromatic heterocycles. The van der Waals surface area contributed by atoms with Gasteiger partial charge in [0.1, 0.15) is 18.2 Å². The molecule has 9 nitrogen and oxygen atoms in total. The standard InChI is InChI=1S/C28H32N6O3/c1-33-10-2-3-21(33)15-37-28-31-23-11-17(18-5-9-25-24(12-18)30-26(35)16-36-25)4-8-22(23)27(32-28)34-13-19-6-7-20(14-34)29-19/h4-5,8-9,11-12,19-21,29H,2-3,6-7,10,13-16H2,1H3,(H,30,35)/t19?,20?,21-/m0/s1. The van der Waals surface area contributed by atoms with E-state index in [2.05, 4.69) is 45.7 Å². The molecule has 0 radical (unpaired) electrons. The lowest BCUT2D eigenvalue weighted by molar-refractivity contribution is -0.118. The Morgan fingerprint density at radius 2 is 1.86 bits per heavy atom. The Balaban J connectivity index is 1.26. The van der Waals surface area contributed by atoms with Crippen LogP contribution in [-0.2, 0) is 4.79 Å². The Labute approximate surface area is 216 Å². The number of benzene rings is 2. The quantitative estimate of drug-likeness (QED) is 0.553. The van der Waals surface area contributed by atoms with E-state index < -0.39 is 0 Å². The molecule has 0 spiro atoms. The number of hydrogen-bond donors (Lipinski definition) is 2. The molecule has 7 rings (SSSR count). The van der Waals surface area contributed by atoms with Gasteiger partial charge in [0.05, 0.1) is 11.2 Å². The van der Waals surface area contributed by atoms with Crippen LogP contribution in [-0.4, -0.2) is 78.8 Å². The summed E-state index contributed by atoms with van der Waals surface area (Å²) in [7, 11) is 2.16. The summed E-state index contributed by atoms with van der Waals surface area (Å²) in [6, 6.07) is 14.1. The van der Waals surface area contributed by atoms with E-state index in [0.29, 0.717) is 42.2 Å². The molecule has 192 valence electrons. The van der Waals surface area contributed by atoms with Crippen molar-refractivity contribution in [3.8, 4) is 22.9 Å². The van der Waals surface area contributed by atoms with Crippen LogP contribution in [0.3, 0.4) is 0 Å². The molecular formula is C28H32N6O3.